The van der Waals surface area contributed by atoms with Crippen LogP contribution in [0.3, 0.4) is 0 Å². The molecule has 2 rings (SSSR count). The van der Waals surface area contributed by atoms with Crippen molar-refractivity contribution in [2.45, 2.75) is 12.8 Å². The minimum absolute atomic E-state index is 0.614. The molecular formula is C14H22N4O. The molecule has 5 heteroatoms. The van der Waals surface area contributed by atoms with E-state index >= 15 is 0 Å². The van der Waals surface area contributed by atoms with E-state index in [9.17, 15) is 0 Å². The molecule has 0 saturated carbocycles. The molecule has 0 aliphatic rings. The highest BCUT2D eigenvalue weighted by Gasteiger charge is 2.06. The minimum atomic E-state index is 0.614. The largest absolute Gasteiger partial charge is 0.490 e. The van der Waals surface area contributed by atoms with E-state index in [0.717, 1.165) is 36.5 Å². The van der Waals surface area contributed by atoms with Crippen molar-refractivity contribution in [3.63, 3.8) is 0 Å². The molecule has 0 aliphatic heterocycles. The highest BCUT2D eigenvalue weighted by molar-refractivity contribution is 5.54. The zero-order valence-corrected chi connectivity index (χ0v) is 11.7. The SMILES string of the molecule is CN(C)CCCOc1cccn2cc(CCN)nc12. The van der Waals surface area contributed by atoms with Crippen LogP contribution >= 0.6 is 0 Å². The zero-order chi connectivity index (χ0) is 13.7. The van der Waals surface area contributed by atoms with Gasteiger partial charge in [0.1, 0.15) is 0 Å². The summed E-state index contributed by atoms with van der Waals surface area (Å²) in [7, 11) is 4.13. The van der Waals surface area contributed by atoms with Gasteiger partial charge in [0.05, 0.1) is 12.3 Å². The van der Waals surface area contributed by atoms with Crippen molar-refractivity contribution in [3.8, 4) is 5.75 Å². The standard InChI is InChI=1S/C14H22N4O/c1-17(2)8-4-10-19-13-5-3-9-18-11-12(6-7-15)16-14(13)18/h3,5,9,11H,4,6-8,10,15H2,1-2H3. The Hall–Kier alpha value is -1.59. The second kappa shape index (κ2) is 6.54. The predicted octanol–water partition coefficient (Wildman–Crippen LogP) is 1.17. The molecule has 5 nitrogen and oxygen atoms in total. The number of rotatable bonds is 7. The molecule has 2 heterocycles. The van der Waals surface area contributed by atoms with Crippen molar-refractivity contribution < 1.29 is 4.74 Å². The molecule has 0 amide bonds. The van der Waals surface area contributed by atoms with Gasteiger partial charge in [0.15, 0.2) is 11.4 Å². The highest BCUT2D eigenvalue weighted by atomic mass is 16.5. The molecule has 19 heavy (non-hydrogen) atoms. The average Bonchev–Trinajstić information content (AvgIpc) is 2.78. The fourth-order valence-electron chi connectivity index (χ4n) is 1.98. The molecule has 0 bridgehead atoms. The molecule has 2 aromatic heterocycles. The number of ether oxygens (including phenoxy) is 1. The van der Waals surface area contributed by atoms with E-state index in [1.807, 2.05) is 28.9 Å². The topological polar surface area (TPSA) is 55.8 Å². The number of hydrogen-bond acceptors (Lipinski definition) is 4. The molecule has 2 aromatic rings. The van der Waals surface area contributed by atoms with Crippen molar-refractivity contribution in [2.24, 2.45) is 5.73 Å². The van der Waals surface area contributed by atoms with Crippen molar-refractivity contribution in [1.29, 1.82) is 0 Å². The summed E-state index contributed by atoms with van der Waals surface area (Å²) in [6.07, 6.45) is 5.79. The molecule has 0 aliphatic carbocycles. The molecule has 104 valence electrons. The van der Waals surface area contributed by atoms with E-state index < -0.39 is 0 Å². The number of fused-ring (bicyclic) bond motifs is 1. The summed E-state index contributed by atoms with van der Waals surface area (Å²) >= 11 is 0. The molecule has 0 unspecified atom stereocenters. The van der Waals surface area contributed by atoms with Gasteiger partial charge in [0.25, 0.3) is 0 Å². The molecule has 0 fully saturated rings. The van der Waals surface area contributed by atoms with Crippen LogP contribution < -0.4 is 10.5 Å². The Labute approximate surface area is 114 Å². The number of aromatic nitrogens is 2. The van der Waals surface area contributed by atoms with Crippen molar-refractivity contribution in [2.75, 3.05) is 33.8 Å². The fourth-order valence-corrected chi connectivity index (χ4v) is 1.98. The van der Waals surface area contributed by atoms with Crippen LogP contribution in [0.2, 0.25) is 0 Å². The summed E-state index contributed by atoms with van der Waals surface area (Å²) in [5.41, 5.74) is 7.44. The Morgan fingerprint density at radius 3 is 3.00 bits per heavy atom. The fraction of sp³-hybridized carbons (Fsp3) is 0.500. The number of imidazole rings is 1. The van der Waals surface area contributed by atoms with Gasteiger partial charge in [-0.25, -0.2) is 4.98 Å². The predicted molar refractivity (Wildman–Crippen MR) is 76.6 cm³/mol. The van der Waals surface area contributed by atoms with Crippen LogP contribution in [0.1, 0.15) is 12.1 Å². The summed E-state index contributed by atoms with van der Waals surface area (Å²) < 4.78 is 7.81. The Bertz CT molecular complexity index is 521. The lowest BCUT2D eigenvalue weighted by atomic mass is 10.3. The van der Waals surface area contributed by atoms with E-state index in [0.29, 0.717) is 13.2 Å². The normalized spacial score (nSPS) is 11.4. The Kier molecular flexibility index (Phi) is 4.76. The molecule has 0 radical (unpaired) electrons. The first-order chi connectivity index (χ1) is 9.20. The molecular weight excluding hydrogens is 240 g/mol. The number of nitrogens with zero attached hydrogens (tertiary/aromatic N) is 3. The molecule has 2 N–H and O–H groups in total. The smallest absolute Gasteiger partial charge is 0.179 e. The van der Waals surface area contributed by atoms with Gasteiger partial charge in [-0.3, -0.25) is 0 Å². The molecule has 0 saturated heterocycles. The maximum Gasteiger partial charge on any atom is 0.179 e. The van der Waals surface area contributed by atoms with Crippen LogP contribution in [0.4, 0.5) is 0 Å². The first-order valence-corrected chi connectivity index (χ1v) is 6.65. The van der Waals surface area contributed by atoms with Gasteiger partial charge in [-0.2, -0.15) is 0 Å². The van der Waals surface area contributed by atoms with Crippen molar-refractivity contribution in [1.82, 2.24) is 14.3 Å². The van der Waals surface area contributed by atoms with E-state index in [2.05, 4.69) is 24.0 Å². The summed E-state index contributed by atoms with van der Waals surface area (Å²) in [6, 6.07) is 3.94. The second-order valence-electron chi connectivity index (χ2n) is 4.88. The maximum atomic E-state index is 5.82. The van der Waals surface area contributed by atoms with Crippen LogP contribution in [0.5, 0.6) is 5.75 Å². The molecule has 0 spiro atoms. The zero-order valence-electron chi connectivity index (χ0n) is 11.7. The summed E-state index contributed by atoms with van der Waals surface area (Å²) in [6.45, 7) is 2.34. The minimum Gasteiger partial charge on any atom is -0.490 e. The third kappa shape index (κ3) is 3.68. The van der Waals surface area contributed by atoms with E-state index in [1.165, 1.54) is 0 Å². The first-order valence-electron chi connectivity index (χ1n) is 6.65. The number of pyridine rings is 1. The van der Waals surface area contributed by atoms with Crippen molar-refractivity contribution >= 4 is 5.65 Å². The molecule has 0 atom stereocenters. The lowest BCUT2D eigenvalue weighted by Gasteiger charge is -2.10. The van der Waals surface area contributed by atoms with Gasteiger partial charge in [0.2, 0.25) is 0 Å². The van der Waals surface area contributed by atoms with Crippen molar-refractivity contribution in [3.05, 3.63) is 30.2 Å². The quantitative estimate of drug-likeness (QED) is 0.761. The van der Waals surface area contributed by atoms with Crippen LogP contribution in [0, 0.1) is 0 Å². The first kappa shape index (κ1) is 13.8. The Morgan fingerprint density at radius 1 is 1.42 bits per heavy atom. The highest BCUT2D eigenvalue weighted by Crippen LogP contribution is 2.19. The lowest BCUT2D eigenvalue weighted by Crippen LogP contribution is -2.15. The van der Waals surface area contributed by atoms with Crippen LogP contribution in [-0.4, -0.2) is 48.1 Å². The van der Waals surface area contributed by atoms with Gasteiger partial charge in [-0.05, 0) is 39.2 Å². The van der Waals surface area contributed by atoms with Gasteiger partial charge in [-0.1, -0.05) is 0 Å². The molecule has 0 aromatic carbocycles. The summed E-state index contributed by atoms with van der Waals surface area (Å²) in [5, 5.41) is 0. The number of hydrogen-bond donors (Lipinski definition) is 1. The average molecular weight is 262 g/mol. The third-order valence-electron chi connectivity index (χ3n) is 2.90. The number of nitrogens with two attached hydrogens (primary N) is 1. The third-order valence-corrected chi connectivity index (χ3v) is 2.90. The monoisotopic (exact) mass is 262 g/mol. The summed E-state index contributed by atoms with van der Waals surface area (Å²) in [4.78, 5) is 6.72. The van der Waals surface area contributed by atoms with E-state index in [-0.39, 0.29) is 0 Å². The van der Waals surface area contributed by atoms with E-state index in [4.69, 9.17) is 10.5 Å². The lowest BCUT2D eigenvalue weighted by molar-refractivity contribution is 0.283. The van der Waals surface area contributed by atoms with Crippen LogP contribution in [0.15, 0.2) is 24.5 Å². The Morgan fingerprint density at radius 2 is 2.26 bits per heavy atom. The second-order valence-corrected chi connectivity index (χ2v) is 4.88. The van der Waals surface area contributed by atoms with Crippen LogP contribution in [-0.2, 0) is 6.42 Å². The Balaban J connectivity index is 2.05. The van der Waals surface area contributed by atoms with Gasteiger partial charge < -0.3 is 19.8 Å². The van der Waals surface area contributed by atoms with Crippen LogP contribution in [0.25, 0.3) is 5.65 Å². The van der Waals surface area contributed by atoms with E-state index in [1.54, 1.807) is 0 Å². The van der Waals surface area contributed by atoms with Gasteiger partial charge >= 0.3 is 0 Å². The maximum absolute atomic E-state index is 5.82. The van der Waals surface area contributed by atoms with Gasteiger partial charge in [0, 0.05) is 25.4 Å². The summed E-state index contributed by atoms with van der Waals surface area (Å²) in [5.74, 6) is 0.838. The van der Waals surface area contributed by atoms with Gasteiger partial charge in [-0.15, -0.1) is 0 Å².